The molecule has 0 radical (unpaired) electrons. The molecule has 3 nitrogen and oxygen atoms in total. The first-order valence-corrected chi connectivity index (χ1v) is 18.3. The van der Waals surface area contributed by atoms with Gasteiger partial charge in [0, 0.05) is 44.7 Å². The standard InChI is InChI=1S/C49H37N3/c1-4-17-34(18-5-1)38-32-43(35-19-6-2-7-20-35)50-47(33-38)52-46-30-15-12-27-42(46)48(36-21-8-3-9-22-36)49(52)37-23-16-24-39(31-37)51-44-28-13-10-25-40(44)41-26-11-14-29-45(41)51/h1-10,12-14,16-25,27-29,31-33H,11,15,26,30H2. The molecule has 0 spiro atoms. The van der Waals surface area contributed by atoms with Crippen LogP contribution in [0.3, 0.4) is 0 Å². The first-order valence-electron chi connectivity index (χ1n) is 18.3. The van der Waals surface area contributed by atoms with Crippen molar-refractivity contribution in [3.8, 4) is 56.3 Å². The average molecular weight is 668 g/mol. The monoisotopic (exact) mass is 667 g/mol. The molecule has 3 heterocycles. The fourth-order valence-electron chi connectivity index (χ4n) is 8.35. The summed E-state index contributed by atoms with van der Waals surface area (Å²) >= 11 is 0. The maximum atomic E-state index is 5.50. The quantitative estimate of drug-likeness (QED) is 0.173. The number of rotatable bonds is 6. The zero-order valence-corrected chi connectivity index (χ0v) is 28.9. The van der Waals surface area contributed by atoms with Crippen LogP contribution < -0.4 is 0 Å². The Kier molecular flexibility index (Phi) is 7.42. The predicted octanol–water partition coefficient (Wildman–Crippen LogP) is 12.4. The van der Waals surface area contributed by atoms with Crippen LogP contribution in [0.1, 0.15) is 35.4 Å². The molecule has 8 aromatic rings. The minimum absolute atomic E-state index is 0.932. The number of pyridine rings is 1. The number of hydrogen-bond donors (Lipinski definition) is 0. The fourth-order valence-corrected chi connectivity index (χ4v) is 8.35. The van der Waals surface area contributed by atoms with E-state index in [1.807, 2.05) is 0 Å². The molecule has 248 valence electrons. The van der Waals surface area contributed by atoms with Crippen molar-refractivity contribution in [2.75, 3.05) is 0 Å². The lowest BCUT2D eigenvalue weighted by Gasteiger charge is -2.18. The maximum Gasteiger partial charge on any atom is 0.138 e. The second-order valence-corrected chi connectivity index (χ2v) is 13.8. The van der Waals surface area contributed by atoms with E-state index in [0.717, 1.165) is 54.0 Å². The SMILES string of the molecule is C1=Cc2c(c3ccccc3n2-c2cccc(-c3c(-c4ccccc4)c4c(n3-c3cc(-c5ccccc5)cc(-c5ccccc5)n3)CCC=C4)c2)CC1. The molecule has 2 aliphatic rings. The minimum atomic E-state index is 0.932. The third-order valence-corrected chi connectivity index (χ3v) is 10.7. The smallest absolute Gasteiger partial charge is 0.138 e. The van der Waals surface area contributed by atoms with E-state index in [2.05, 4.69) is 185 Å². The Labute approximate surface area is 304 Å². The lowest BCUT2D eigenvalue weighted by Crippen LogP contribution is -2.08. The number of benzene rings is 5. The lowest BCUT2D eigenvalue weighted by molar-refractivity contribution is 0.861. The van der Waals surface area contributed by atoms with E-state index < -0.39 is 0 Å². The summed E-state index contributed by atoms with van der Waals surface area (Å²) in [5, 5.41) is 1.34. The van der Waals surface area contributed by atoms with Crippen LogP contribution in [0.25, 0.3) is 79.3 Å². The van der Waals surface area contributed by atoms with Gasteiger partial charge in [-0.05, 0) is 84.3 Å². The summed E-state index contributed by atoms with van der Waals surface area (Å²) in [5.41, 5.74) is 16.9. The van der Waals surface area contributed by atoms with E-state index in [0.29, 0.717) is 0 Å². The maximum absolute atomic E-state index is 5.50. The number of allylic oxidation sites excluding steroid dienone is 2. The van der Waals surface area contributed by atoms with Crippen LogP contribution in [0.2, 0.25) is 0 Å². The third-order valence-electron chi connectivity index (χ3n) is 10.7. The van der Waals surface area contributed by atoms with Crippen molar-refractivity contribution >= 4 is 23.1 Å². The van der Waals surface area contributed by atoms with Crippen LogP contribution in [0.5, 0.6) is 0 Å². The van der Waals surface area contributed by atoms with Crippen LogP contribution in [0.4, 0.5) is 0 Å². The minimum Gasteiger partial charge on any atom is -0.310 e. The normalized spacial score (nSPS) is 13.3. The molecule has 3 heteroatoms. The number of aromatic nitrogens is 3. The molecule has 0 bridgehead atoms. The highest BCUT2D eigenvalue weighted by Gasteiger charge is 2.28. The van der Waals surface area contributed by atoms with E-state index in [-0.39, 0.29) is 0 Å². The van der Waals surface area contributed by atoms with Gasteiger partial charge >= 0.3 is 0 Å². The van der Waals surface area contributed by atoms with Crippen molar-refractivity contribution < 1.29 is 0 Å². The summed E-state index contributed by atoms with van der Waals surface area (Å²) in [5.74, 6) is 0.932. The fraction of sp³-hybridized carbons (Fsp3) is 0.0816. The van der Waals surface area contributed by atoms with Crippen molar-refractivity contribution in [3.63, 3.8) is 0 Å². The molecule has 5 aromatic carbocycles. The van der Waals surface area contributed by atoms with Crippen molar-refractivity contribution in [3.05, 3.63) is 186 Å². The Bertz CT molecular complexity index is 2600. The third kappa shape index (κ3) is 5.08. The Morgan fingerprint density at radius 3 is 1.98 bits per heavy atom. The summed E-state index contributed by atoms with van der Waals surface area (Å²) in [6, 6.07) is 54.7. The van der Waals surface area contributed by atoms with Crippen molar-refractivity contribution in [2.24, 2.45) is 0 Å². The summed E-state index contributed by atoms with van der Waals surface area (Å²) in [4.78, 5) is 5.50. The molecular weight excluding hydrogens is 631 g/mol. The van der Waals surface area contributed by atoms with Gasteiger partial charge in [0.2, 0.25) is 0 Å². The molecule has 10 rings (SSSR count). The molecule has 0 unspecified atom stereocenters. The van der Waals surface area contributed by atoms with Gasteiger partial charge in [0.25, 0.3) is 0 Å². The first kappa shape index (κ1) is 30.4. The van der Waals surface area contributed by atoms with Crippen LogP contribution >= 0.6 is 0 Å². The van der Waals surface area contributed by atoms with Gasteiger partial charge in [-0.25, -0.2) is 4.98 Å². The molecule has 0 saturated carbocycles. The predicted molar refractivity (Wildman–Crippen MR) is 217 cm³/mol. The molecule has 0 atom stereocenters. The molecule has 0 aliphatic heterocycles. The highest BCUT2D eigenvalue weighted by atomic mass is 15.1. The molecule has 0 saturated heterocycles. The highest BCUT2D eigenvalue weighted by Crippen LogP contribution is 2.45. The van der Waals surface area contributed by atoms with Crippen LogP contribution in [-0.4, -0.2) is 14.1 Å². The Morgan fingerprint density at radius 2 is 1.17 bits per heavy atom. The lowest BCUT2D eigenvalue weighted by atomic mass is 9.94. The molecule has 0 fully saturated rings. The van der Waals surface area contributed by atoms with Gasteiger partial charge in [0.05, 0.1) is 16.9 Å². The summed E-state index contributed by atoms with van der Waals surface area (Å²) < 4.78 is 4.93. The Hall–Kier alpha value is -6.45. The zero-order chi connectivity index (χ0) is 34.4. The summed E-state index contributed by atoms with van der Waals surface area (Å²) in [7, 11) is 0. The van der Waals surface area contributed by atoms with E-state index in [9.17, 15) is 0 Å². The van der Waals surface area contributed by atoms with Gasteiger partial charge in [-0.2, -0.15) is 0 Å². The average Bonchev–Trinajstić information content (AvgIpc) is 3.75. The number of hydrogen-bond acceptors (Lipinski definition) is 1. The van der Waals surface area contributed by atoms with E-state index in [1.54, 1.807) is 0 Å². The summed E-state index contributed by atoms with van der Waals surface area (Å²) in [6.07, 6.45) is 13.4. The molecule has 0 N–H and O–H groups in total. The van der Waals surface area contributed by atoms with Crippen LogP contribution in [0.15, 0.2) is 164 Å². The van der Waals surface area contributed by atoms with Crippen LogP contribution in [-0.2, 0) is 12.8 Å². The first-order chi connectivity index (χ1) is 25.8. The van der Waals surface area contributed by atoms with E-state index in [1.165, 1.54) is 61.4 Å². The molecule has 52 heavy (non-hydrogen) atoms. The van der Waals surface area contributed by atoms with Gasteiger partial charge in [-0.3, -0.25) is 4.57 Å². The number of aryl methyl sites for hydroxylation is 1. The van der Waals surface area contributed by atoms with E-state index >= 15 is 0 Å². The molecular formula is C49H37N3. The number of para-hydroxylation sites is 1. The topological polar surface area (TPSA) is 22.8 Å². The number of nitrogens with zero attached hydrogens (tertiary/aromatic N) is 3. The second kappa shape index (κ2) is 12.7. The van der Waals surface area contributed by atoms with Gasteiger partial charge in [-0.15, -0.1) is 0 Å². The Balaban J connectivity index is 1.28. The van der Waals surface area contributed by atoms with Gasteiger partial charge in [-0.1, -0.05) is 140 Å². The van der Waals surface area contributed by atoms with Gasteiger partial charge in [0.1, 0.15) is 5.82 Å². The summed E-state index contributed by atoms with van der Waals surface area (Å²) in [6.45, 7) is 0. The second-order valence-electron chi connectivity index (χ2n) is 13.8. The van der Waals surface area contributed by atoms with Gasteiger partial charge in [0.15, 0.2) is 0 Å². The molecule has 3 aromatic heterocycles. The largest absolute Gasteiger partial charge is 0.310 e. The zero-order valence-electron chi connectivity index (χ0n) is 28.9. The van der Waals surface area contributed by atoms with E-state index in [4.69, 9.17) is 4.98 Å². The van der Waals surface area contributed by atoms with Crippen molar-refractivity contribution in [1.29, 1.82) is 0 Å². The van der Waals surface area contributed by atoms with Crippen molar-refractivity contribution in [2.45, 2.75) is 25.7 Å². The highest BCUT2D eigenvalue weighted by molar-refractivity contribution is 5.94. The number of fused-ring (bicyclic) bond motifs is 4. The van der Waals surface area contributed by atoms with Crippen LogP contribution in [0, 0.1) is 0 Å². The Morgan fingerprint density at radius 1 is 0.500 bits per heavy atom. The van der Waals surface area contributed by atoms with Crippen molar-refractivity contribution in [1.82, 2.24) is 14.1 Å². The molecule has 2 aliphatic carbocycles. The molecule has 0 amide bonds. The van der Waals surface area contributed by atoms with Gasteiger partial charge < -0.3 is 4.57 Å².